The van der Waals surface area contributed by atoms with E-state index in [0.717, 1.165) is 33.2 Å². The van der Waals surface area contributed by atoms with E-state index in [0.29, 0.717) is 10.7 Å². The van der Waals surface area contributed by atoms with Crippen molar-refractivity contribution in [3.05, 3.63) is 82.6 Å². The van der Waals surface area contributed by atoms with Crippen LogP contribution in [-0.4, -0.2) is 37.9 Å². The van der Waals surface area contributed by atoms with Crippen LogP contribution in [0.1, 0.15) is 17.0 Å². The number of hydrazone groups is 1. The highest BCUT2D eigenvalue weighted by molar-refractivity contribution is 7.92. The number of amides is 1. The lowest BCUT2D eigenvalue weighted by Gasteiger charge is -2.21. The van der Waals surface area contributed by atoms with Gasteiger partial charge in [0.15, 0.2) is 0 Å². The summed E-state index contributed by atoms with van der Waals surface area (Å²) in [4.78, 5) is 12.3. The van der Waals surface area contributed by atoms with Crippen molar-refractivity contribution in [2.24, 2.45) is 5.10 Å². The van der Waals surface area contributed by atoms with Gasteiger partial charge in [-0.15, -0.1) is 0 Å². The average Bonchev–Trinajstić information content (AvgIpc) is 3.00. The third kappa shape index (κ3) is 5.34. The molecule has 31 heavy (non-hydrogen) atoms. The van der Waals surface area contributed by atoms with Gasteiger partial charge in [-0.1, -0.05) is 41.9 Å². The van der Waals surface area contributed by atoms with Gasteiger partial charge in [-0.05, 0) is 44.2 Å². The molecule has 3 aromatic rings. The largest absolute Gasteiger partial charge is 0.316 e. The number of carbonyl (C=O) groups is 1. The number of hydrogen-bond acceptors (Lipinski definition) is 4. The highest BCUT2D eigenvalue weighted by Gasteiger charge is 2.20. The van der Waals surface area contributed by atoms with Crippen molar-refractivity contribution in [3.63, 3.8) is 0 Å². The number of halogens is 1. The van der Waals surface area contributed by atoms with Gasteiger partial charge in [0.1, 0.15) is 6.54 Å². The molecule has 0 unspecified atom stereocenters. The number of sulfonamides is 1. The number of aryl methyl sites for hydroxylation is 1. The fraction of sp³-hybridized carbons (Fsp3) is 0.182. The van der Waals surface area contributed by atoms with Crippen LogP contribution in [-0.2, 0) is 14.8 Å². The average molecular weight is 459 g/mol. The molecule has 0 radical (unpaired) electrons. The molecule has 0 spiro atoms. The number of benzene rings is 2. The first kappa shape index (κ1) is 22.6. The molecule has 1 N–H and O–H groups in total. The second-order valence-corrected chi connectivity index (χ2v) is 9.33. The molecule has 1 heterocycles. The van der Waals surface area contributed by atoms with Crippen LogP contribution in [0.2, 0.25) is 5.02 Å². The van der Waals surface area contributed by atoms with E-state index in [1.807, 2.05) is 48.7 Å². The van der Waals surface area contributed by atoms with Crippen molar-refractivity contribution >= 4 is 39.4 Å². The predicted octanol–water partition coefficient (Wildman–Crippen LogP) is 3.66. The van der Waals surface area contributed by atoms with Crippen LogP contribution in [0.3, 0.4) is 0 Å². The summed E-state index contributed by atoms with van der Waals surface area (Å²) in [5.41, 5.74) is 6.34. The van der Waals surface area contributed by atoms with E-state index in [4.69, 9.17) is 11.6 Å². The minimum atomic E-state index is -3.63. The zero-order chi connectivity index (χ0) is 22.6. The lowest BCUT2D eigenvalue weighted by atomic mass is 10.2. The molecule has 0 bridgehead atoms. The van der Waals surface area contributed by atoms with Crippen LogP contribution >= 0.6 is 11.6 Å². The summed E-state index contributed by atoms with van der Waals surface area (Å²) < 4.78 is 27.2. The first-order valence-electron chi connectivity index (χ1n) is 9.47. The minimum Gasteiger partial charge on any atom is -0.316 e. The second-order valence-electron chi connectivity index (χ2n) is 7.01. The van der Waals surface area contributed by atoms with E-state index in [1.165, 1.54) is 6.21 Å². The van der Waals surface area contributed by atoms with Crippen molar-refractivity contribution in [1.82, 2.24) is 9.99 Å². The molecule has 162 valence electrons. The van der Waals surface area contributed by atoms with E-state index in [-0.39, 0.29) is 6.54 Å². The van der Waals surface area contributed by atoms with Gasteiger partial charge in [0.25, 0.3) is 5.91 Å². The molecule has 0 aliphatic heterocycles. The minimum absolute atomic E-state index is 0.376. The molecule has 2 aromatic carbocycles. The number of para-hydroxylation sites is 2. The molecule has 0 saturated carbocycles. The van der Waals surface area contributed by atoms with Gasteiger partial charge in [0, 0.05) is 17.0 Å². The number of carbonyl (C=O) groups excluding carboxylic acids is 1. The quantitative estimate of drug-likeness (QED) is 0.433. The van der Waals surface area contributed by atoms with Crippen molar-refractivity contribution in [2.75, 3.05) is 17.1 Å². The number of aromatic nitrogens is 1. The van der Waals surface area contributed by atoms with Crippen molar-refractivity contribution < 1.29 is 13.2 Å². The molecular formula is C22H23ClN4O3S. The summed E-state index contributed by atoms with van der Waals surface area (Å²) in [7, 11) is -3.63. The third-order valence-corrected chi connectivity index (χ3v) is 6.15. The molecule has 1 amide bonds. The van der Waals surface area contributed by atoms with E-state index in [9.17, 15) is 13.2 Å². The maximum Gasteiger partial charge on any atom is 0.260 e. The summed E-state index contributed by atoms with van der Waals surface area (Å²) in [5.74, 6) is -0.551. The molecule has 0 fully saturated rings. The molecule has 9 heteroatoms. The van der Waals surface area contributed by atoms with Gasteiger partial charge in [0.05, 0.1) is 28.9 Å². The number of nitrogens with one attached hydrogen (secondary N) is 1. The second kappa shape index (κ2) is 9.36. The molecular weight excluding hydrogens is 436 g/mol. The normalized spacial score (nSPS) is 11.6. The maximum atomic E-state index is 12.3. The molecule has 3 rings (SSSR count). The Kier molecular flexibility index (Phi) is 6.82. The van der Waals surface area contributed by atoms with Crippen molar-refractivity contribution in [1.29, 1.82) is 0 Å². The Labute approximate surface area is 187 Å². The molecule has 0 saturated heterocycles. The van der Waals surface area contributed by atoms with Gasteiger partial charge >= 0.3 is 0 Å². The van der Waals surface area contributed by atoms with Gasteiger partial charge < -0.3 is 4.57 Å². The number of anilines is 1. The monoisotopic (exact) mass is 458 g/mol. The van der Waals surface area contributed by atoms with Crippen LogP contribution in [0.15, 0.2) is 65.8 Å². The SMILES string of the molecule is Cc1cc(/C=N\NC(=O)CN(c2ccccc2)S(C)(=O)=O)c(C)n1-c1ccccc1Cl. The number of rotatable bonds is 7. The summed E-state index contributed by atoms with van der Waals surface area (Å²) >= 11 is 6.33. The summed E-state index contributed by atoms with van der Waals surface area (Å²) in [6, 6.07) is 17.9. The Hall–Kier alpha value is -3.10. The lowest BCUT2D eigenvalue weighted by Crippen LogP contribution is -2.38. The number of hydrogen-bond donors (Lipinski definition) is 1. The fourth-order valence-corrected chi connectivity index (χ4v) is 4.33. The van der Waals surface area contributed by atoms with E-state index >= 15 is 0 Å². The van der Waals surface area contributed by atoms with E-state index < -0.39 is 15.9 Å². The maximum absolute atomic E-state index is 12.3. The highest BCUT2D eigenvalue weighted by atomic mass is 35.5. The zero-order valence-electron chi connectivity index (χ0n) is 17.4. The van der Waals surface area contributed by atoms with E-state index in [1.54, 1.807) is 30.3 Å². The lowest BCUT2D eigenvalue weighted by molar-refractivity contribution is -0.119. The van der Waals surface area contributed by atoms with Crippen LogP contribution in [0.5, 0.6) is 0 Å². The van der Waals surface area contributed by atoms with Gasteiger partial charge in [0.2, 0.25) is 10.0 Å². The number of nitrogens with zero attached hydrogens (tertiary/aromatic N) is 3. The smallest absolute Gasteiger partial charge is 0.260 e. The summed E-state index contributed by atoms with van der Waals surface area (Å²) in [5, 5.41) is 4.64. The zero-order valence-corrected chi connectivity index (χ0v) is 19.0. The topological polar surface area (TPSA) is 83.8 Å². The third-order valence-electron chi connectivity index (χ3n) is 4.69. The molecule has 1 aromatic heterocycles. The van der Waals surface area contributed by atoms with Crippen LogP contribution < -0.4 is 9.73 Å². The van der Waals surface area contributed by atoms with Gasteiger partial charge in [-0.2, -0.15) is 5.10 Å². The Bertz CT molecular complexity index is 1220. The summed E-state index contributed by atoms with van der Waals surface area (Å²) in [6.07, 6.45) is 2.58. The van der Waals surface area contributed by atoms with Crippen molar-refractivity contribution in [3.8, 4) is 5.69 Å². The first-order valence-corrected chi connectivity index (χ1v) is 11.7. The summed E-state index contributed by atoms with van der Waals surface area (Å²) in [6.45, 7) is 3.51. The first-order chi connectivity index (χ1) is 14.7. The molecule has 0 atom stereocenters. The van der Waals surface area contributed by atoms with Crippen molar-refractivity contribution in [2.45, 2.75) is 13.8 Å². The Balaban J connectivity index is 1.74. The highest BCUT2D eigenvalue weighted by Crippen LogP contribution is 2.25. The molecule has 0 aliphatic rings. The Morgan fingerprint density at radius 2 is 1.77 bits per heavy atom. The molecule has 0 aliphatic carbocycles. The van der Waals surface area contributed by atoms with Gasteiger partial charge in [-0.25, -0.2) is 13.8 Å². The van der Waals surface area contributed by atoms with Crippen LogP contribution in [0.25, 0.3) is 5.69 Å². The van der Waals surface area contributed by atoms with Crippen LogP contribution in [0, 0.1) is 13.8 Å². The molecule has 7 nitrogen and oxygen atoms in total. The predicted molar refractivity (Wildman–Crippen MR) is 125 cm³/mol. The van der Waals surface area contributed by atoms with Gasteiger partial charge in [-0.3, -0.25) is 9.10 Å². The fourth-order valence-electron chi connectivity index (χ4n) is 3.26. The van der Waals surface area contributed by atoms with Crippen LogP contribution in [0.4, 0.5) is 5.69 Å². The standard InChI is InChI=1S/C22H23ClN4O3S/c1-16-13-18(17(2)27(16)21-12-8-7-11-20(21)23)14-24-25-22(28)15-26(31(3,29)30)19-9-5-4-6-10-19/h4-14H,15H2,1-3H3,(H,25,28)/b24-14-. The Morgan fingerprint density at radius 3 is 2.42 bits per heavy atom. The Morgan fingerprint density at radius 1 is 1.13 bits per heavy atom. The van der Waals surface area contributed by atoms with E-state index in [2.05, 4.69) is 10.5 Å².